The van der Waals surface area contributed by atoms with E-state index in [4.69, 9.17) is 28.4 Å². The molecule has 0 amide bonds. The van der Waals surface area contributed by atoms with Crippen molar-refractivity contribution in [2.75, 3.05) is 73.2 Å². The molecule has 23 heavy (non-hydrogen) atoms. The molecule has 0 radical (unpaired) electrons. The van der Waals surface area contributed by atoms with Crippen LogP contribution in [0.5, 0.6) is 0 Å². The molecule has 0 spiro atoms. The smallest absolute Gasteiger partial charge is 0.104 e. The Hall–Kier alpha value is -0.760. The lowest BCUT2D eigenvalue weighted by Crippen LogP contribution is -2.42. The predicted molar refractivity (Wildman–Crippen MR) is 87.7 cm³/mol. The lowest BCUT2D eigenvalue weighted by molar-refractivity contribution is -0.105. The zero-order chi connectivity index (χ0) is 16.8. The highest BCUT2D eigenvalue weighted by atomic mass is 16.6. The van der Waals surface area contributed by atoms with E-state index >= 15 is 0 Å². The van der Waals surface area contributed by atoms with Crippen LogP contribution in [0.4, 0.5) is 0 Å². The summed E-state index contributed by atoms with van der Waals surface area (Å²) in [6, 6.07) is 0. The van der Waals surface area contributed by atoms with E-state index < -0.39 is 0 Å². The molecule has 0 bridgehead atoms. The first-order valence-electron chi connectivity index (χ1n) is 7.89. The van der Waals surface area contributed by atoms with Gasteiger partial charge in [0.2, 0.25) is 0 Å². The normalized spacial score (nSPS) is 17.2. The summed E-state index contributed by atoms with van der Waals surface area (Å²) in [5.41, 5.74) is -0.380. The third-order valence-electron chi connectivity index (χ3n) is 3.24. The number of ether oxygens (including phenoxy) is 6. The molecular formula is C17H30O6. The molecule has 1 rings (SSSR count). The van der Waals surface area contributed by atoms with Gasteiger partial charge in [0, 0.05) is 7.11 Å². The van der Waals surface area contributed by atoms with E-state index in [-0.39, 0.29) is 11.5 Å². The zero-order valence-corrected chi connectivity index (χ0v) is 14.2. The Labute approximate surface area is 139 Å². The second-order valence-corrected chi connectivity index (χ2v) is 5.62. The molecule has 0 aliphatic carbocycles. The summed E-state index contributed by atoms with van der Waals surface area (Å²) in [5, 5.41) is 0. The SMILES string of the molecule is C=CCOCC(COCC=C)(COCCOC)COCC1CO1. The van der Waals surface area contributed by atoms with Crippen LogP contribution in [0.1, 0.15) is 0 Å². The van der Waals surface area contributed by atoms with Crippen LogP contribution in [0.3, 0.4) is 0 Å². The summed E-state index contributed by atoms with van der Waals surface area (Å²) in [6.07, 6.45) is 3.67. The maximum absolute atomic E-state index is 5.79. The highest BCUT2D eigenvalue weighted by molar-refractivity contribution is 4.82. The largest absolute Gasteiger partial charge is 0.382 e. The molecule has 1 unspecified atom stereocenters. The van der Waals surface area contributed by atoms with Crippen LogP contribution in [-0.2, 0) is 28.4 Å². The third kappa shape index (κ3) is 9.86. The van der Waals surface area contributed by atoms with Crippen molar-refractivity contribution in [2.45, 2.75) is 6.10 Å². The second kappa shape index (κ2) is 12.6. The minimum atomic E-state index is -0.380. The molecule has 0 saturated carbocycles. The van der Waals surface area contributed by atoms with Gasteiger partial charge >= 0.3 is 0 Å². The molecule has 0 aromatic heterocycles. The number of hydrogen-bond acceptors (Lipinski definition) is 6. The fourth-order valence-corrected chi connectivity index (χ4v) is 1.97. The van der Waals surface area contributed by atoms with Crippen LogP contribution >= 0.6 is 0 Å². The molecule has 0 aromatic carbocycles. The Kier molecular flexibility index (Phi) is 11.1. The van der Waals surface area contributed by atoms with Crippen molar-refractivity contribution in [2.24, 2.45) is 5.41 Å². The maximum atomic E-state index is 5.79. The molecule has 1 saturated heterocycles. The van der Waals surface area contributed by atoms with E-state index in [0.717, 1.165) is 6.61 Å². The quantitative estimate of drug-likeness (QED) is 0.229. The molecule has 1 aliphatic rings. The van der Waals surface area contributed by atoms with E-state index in [1.165, 1.54) is 0 Å². The predicted octanol–water partition coefficient (Wildman–Crippen LogP) is 1.46. The van der Waals surface area contributed by atoms with E-state index in [9.17, 15) is 0 Å². The molecule has 1 fully saturated rings. The topological polar surface area (TPSA) is 58.7 Å². The molecule has 1 atom stereocenters. The van der Waals surface area contributed by atoms with Gasteiger partial charge in [0.1, 0.15) is 6.10 Å². The number of rotatable bonds is 17. The van der Waals surface area contributed by atoms with E-state index in [2.05, 4.69) is 13.2 Å². The van der Waals surface area contributed by atoms with Gasteiger partial charge in [-0.1, -0.05) is 12.2 Å². The summed E-state index contributed by atoms with van der Waals surface area (Å²) in [7, 11) is 1.65. The van der Waals surface area contributed by atoms with Gasteiger partial charge in [-0.2, -0.15) is 0 Å². The average molecular weight is 330 g/mol. The van der Waals surface area contributed by atoms with Crippen LogP contribution in [0, 0.1) is 5.41 Å². The zero-order valence-electron chi connectivity index (χ0n) is 14.2. The van der Waals surface area contributed by atoms with Crippen LogP contribution in [0.15, 0.2) is 25.3 Å². The highest BCUT2D eigenvalue weighted by Gasteiger charge is 2.33. The second-order valence-electron chi connectivity index (χ2n) is 5.62. The van der Waals surface area contributed by atoms with Gasteiger partial charge in [-0.3, -0.25) is 0 Å². The molecule has 134 valence electrons. The van der Waals surface area contributed by atoms with Gasteiger partial charge in [0.25, 0.3) is 0 Å². The van der Waals surface area contributed by atoms with Crippen LogP contribution < -0.4 is 0 Å². The summed E-state index contributed by atoms with van der Waals surface area (Å²) >= 11 is 0. The lowest BCUT2D eigenvalue weighted by Gasteiger charge is -2.32. The monoisotopic (exact) mass is 330 g/mol. The first-order valence-corrected chi connectivity index (χ1v) is 7.89. The lowest BCUT2D eigenvalue weighted by atomic mass is 9.92. The van der Waals surface area contributed by atoms with Crippen molar-refractivity contribution >= 4 is 0 Å². The molecule has 0 N–H and O–H groups in total. The minimum Gasteiger partial charge on any atom is -0.382 e. The Morgan fingerprint density at radius 3 is 2.04 bits per heavy atom. The van der Waals surface area contributed by atoms with Crippen molar-refractivity contribution in [1.82, 2.24) is 0 Å². The van der Waals surface area contributed by atoms with Crippen molar-refractivity contribution in [3.63, 3.8) is 0 Å². The Morgan fingerprint density at radius 2 is 1.52 bits per heavy atom. The van der Waals surface area contributed by atoms with E-state index in [0.29, 0.717) is 59.5 Å². The van der Waals surface area contributed by atoms with Gasteiger partial charge in [0.05, 0.1) is 71.5 Å². The van der Waals surface area contributed by atoms with Crippen LogP contribution in [0.2, 0.25) is 0 Å². The number of epoxide rings is 1. The molecule has 6 heteroatoms. The molecule has 1 heterocycles. The van der Waals surface area contributed by atoms with Gasteiger partial charge in [-0.15, -0.1) is 13.2 Å². The maximum Gasteiger partial charge on any atom is 0.104 e. The summed E-state index contributed by atoms with van der Waals surface area (Å²) in [4.78, 5) is 0. The van der Waals surface area contributed by atoms with Crippen molar-refractivity contribution < 1.29 is 28.4 Å². The standard InChI is InChI=1S/C17H30O6/c1-4-6-19-12-17(13-20-7-5-2,14-21-9-8-18-3)15-22-10-16-11-23-16/h4-5,16H,1-2,6-15H2,3H3. The van der Waals surface area contributed by atoms with E-state index in [1.54, 1.807) is 19.3 Å². The first-order chi connectivity index (χ1) is 11.3. The third-order valence-corrected chi connectivity index (χ3v) is 3.24. The Balaban J connectivity index is 2.52. The highest BCUT2D eigenvalue weighted by Crippen LogP contribution is 2.22. The molecular weight excluding hydrogens is 300 g/mol. The average Bonchev–Trinajstić information content (AvgIpc) is 3.36. The van der Waals surface area contributed by atoms with E-state index in [1.807, 2.05) is 0 Å². The summed E-state index contributed by atoms with van der Waals surface area (Å²) in [5.74, 6) is 0. The molecule has 6 nitrogen and oxygen atoms in total. The van der Waals surface area contributed by atoms with Gasteiger partial charge in [-0.25, -0.2) is 0 Å². The first kappa shape index (κ1) is 20.3. The van der Waals surface area contributed by atoms with Crippen molar-refractivity contribution in [1.29, 1.82) is 0 Å². The van der Waals surface area contributed by atoms with Gasteiger partial charge in [-0.05, 0) is 0 Å². The van der Waals surface area contributed by atoms with Crippen molar-refractivity contribution in [3.8, 4) is 0 Å². The summed E-state index contributed by atoms with van der Waals surface area (Å²) in [6.45, 7) is 12.6. The van der Waals surface area contributed by atoms with Gasteiger partial charge < -0.3 is 28.4 Å². The molecule has 0 aromatic rings. The van der Waals surface area contributed by atoms with Crippen LogP contribution in [0.25, 0.3) is 0 Å². The fraction of sp³-hybridized carbons (Fsp3) is 0.765. The van der Waals surface area contributed by atoms with Crippen LogP contribution in [-0.4, -0.2) is 79.3 Å². The number of methoxy groups -OCH3 is 1. The fourth-order valence-electron chi connectivity index (χ4n) is 1.97. The van der Waals surface area contributed by atoms with Gasteiger partial charge in [0.15, 0.2) is 0 Å². The number of hydrogen-bond donors (Lipinski definition) is 0. The Morgan fingerprint density at radius 1 is 0.957 bits per heavy atom. The molecule has 1 aliphatic heterocycles. The Bertz CT molecular complexity index is 302. The summed E-state index contributed by atoms with van der Waals surface area (Å²) < 4.78 is 33.0. The van der Waals surface area contributed by atoms with Crippen molar-refractivity contribution in [3.05, 3.63) is 25.3 Å². The minimum absolute atomic E-state index is 0.227.